The average molecular weight is 420 g/mol. The summed E-state index contributed by atoms with van der Waals surface area (Å²) in [6, 6.07) is 12.9. The van der Waals surface area contributed by atoms with Gasteiger partial charge in [0.1, 0.15) is 5.82 Å². The molecule has 0 spiro atoms. The monoisotopic (exact) mass is 420 g/mol. The highest BCUT2D eigenvalue weighted by Gasteiger charge is 2.30. The van der Waals surface area contributed by atoms with Gasteiger partial charge in [-0.1, -0.05) is 30.3 Å². The van der Waals surface area contributed by atoms with Crippen molar-refractivity contribution in [3.8, 4) is 0 Å². The van der Waals surface area contributed by atoms with Crippen LogP contribution in [0.5, 0.6) is 0 Å². The van der Waals surface area contributed by atoms with Crippen molar-refractivity contribution in [2.45, 2.75) is 36.3 Å². The highest BCUT2D eigenvalue weighted by Crippen LogP contribution is 2.23. The quantitative estimate of drug-likeness (QED) is 0.605. The zero-order valence-corrected chi connectivity index (χ0v) is 16.3. The number of ether oxygens (including phenoxy) is 1. The number of nitrogens with one attached hydrogen (secondary N) is 2. The van der Waals surface area contributed by atoms with Crippen LogP contribution in [-0.2, 0) is 24.3 Å². The normalized spacial score (nSPS) is 14.8. The maximum Gasteiger partial charge on any atom is 0.308 e. The summed E-state index contributed by atoms with van der Waals surface area (Å²) in [5.74, 6) is -1.71. The van der Waals surface area contributed by atoms with Gasteiger partial charge in [0.25, 0.3) is 5.91 Å². The van der Waals surface area contributed by atoms with Crippen LogP contribution in [0.25, 0.3) is 0 Å². The molecule has 1 aliphatic carbocycles. The second kappa shape index (κ2) is 9.15. The number of benzene rings is 2. The van der Waals surface area contributed by atoms with Crippen molar-refractivity contribution in [3.05, 3.63) is 66.0 Å². The molecule has 0 aromatic heterocycles. The van der Waals surface area contributed by atoms with Crippen LogP contribution in [0.15, 0.2) is 59.5 Å². The Hall–Kier alpha value is -2.78. The van der Waals surface area contributed by atoms with Crippen LogP contribution in [0, 0.1) is 5.82 Å². The minimum atomic E-state index is -3.74. The topological polar surface area (TPSA) is 102 Å². The summed E-state index contributed by atoms with van der Waals surface area (Å²) in [6.45, 7) is -0.184. The van der Waals surface area contributed by atoms with Gasteiger partial charge in [-0.2, -0.15) is 0 Å². The lowest BCUT2D eigenvalue weighted by Crippen LogP contribution is -2.34. The van der Waals surface area contributed by atoms with Crippen LogP contribution in [-0.4, -0.2) is 32.9 Å². The molecule has 1 aliphatic rings. The first-order valence-corrected chi connectivity index (χ1v) is 10.6. The summed E-state index contributed by atoms with van der Waals surface area (Å²) in [4.78, 5) is 24.7. The van der Waals surface area contributed by atoms with Gasteiger partial charge in [-0.05, 0) is 37.1 Å². The van der Waals surface area contributed by atoms with E-state index in [2.05, 4.69) is 10.0 Å². The molecule has 0 bridgehead atoms. The van der Waals surface area contributed by atoms with Gasteiger partial charge in [0.2, 0.25) is 16.1 Å². The molecule has 2 aromatic carbocycles. The van der Waals surface area contributed by atoms with E-state index in [9.17, 15) is 22.4 Å². The third-order valence-corrected chi connectivity index (χ3v) is 5.74. The van der Waals surface area contributed by atoms with Crippen molar-refractivity contribution in [1.29, 1.82) is 0 Å². The molecule has 29 heavy (non-hydrogen) atoms. The molecule has 2 N–H and O–H groups in total. The molecule has 1 unspecified atom stereocenters. The summed E-state index contributed by atoms with van der Waals surface area (Å²) >= 11 is 0. The molecule has 1 amide bonds. The van der Waals surface area contributed by atoms with Crippen molar-refractivity contribution >= 4 is 21.9 Å². The van der Waals surface area contributed by atoms with E-state index in [1.807, 2.05) is 0 Å². The maximum absolute atomic E-state index is 13.2. The molecular weight excluding hydrogens is 399 g/mol. The van der Waals surface area contributed by atoms with Gasteiger partial charge >= 0.3 is 5.97 Å². The predicted octanol–water partition coefficient (Wildman–Crippen LogP) is 2.06. The Bertz CT molecular complexity index is 960. The number of rotatable bonds is 9. The third-order valence-electron chi connectivity index (χ3n) is 4.26. The number of carbonyl (C=O) groups excluding carboxylic acids is 2. The fourth-order valence-corrected chi connectivity index (χ4v) is 3.63. The van der Waals surface area contributed by atoms with Gasteiger partial charge in [-0.25, -0.2) is 17.5 Å². The zero-order valence-electron chi connectivity index (χ0n) is 15.5. The average Bonchev–Trinajstić information content (AvgIpc) is 3.51. The first-order chi connectivity index (χ1) is 13.8. The molecule has 0 aliphatic heterocycles. The van der Waals surface area contributed by atoms with Crippen molar-refractivity contribution < 1.29 is 27.1 Å². The van der Waals surface area contributed by atoms with Gasteiger partial charge < -0.3 is 10.1 Å². The Balaban J connectivity index is 1.59. The fraction of sp³-hybridized carbons (Fsp3) is 0.300. The van der Waals surface area contributed by atoms with Crippen LogP contribution in [0.3, 0.4) is 0 Å². The Morgan fingerprint density at radius 1 is 1.07 bits per heavy atom. The summed E-state index contributed by atoms with van der Waals surface area (Å²) in [5, 5.41) is 2.75. The van der Waals surface area contributed by atoms with E-state index in [0.717, 1.165) is 12.8 Å². The minimum Gasteiger partial charge on any atom is -0.447 e. The van der Waals surface area contributed by atoms with E-state index >= 15 is 0 Å². The minimum absolute atomic E-state index is 0.0573. The van der Waals surface area contributed by atoms with Gasteiger partial charge in [0.15, 0.2) is 0 Å². The molecule has 0 heterocycles. The molecule has 9 heteroatoms. The first-order valence-electron chi connectivity index (χ1n) is 9.15. The Morgan fingerprint density at radius 2 is 1.72 bits per heavy atom. The Kier molecular flexibility index (Phi) is 6.60. The lowest BCUT2D eigenvalue weighted by Gasteiger charge is -2.18. The van der Waals surface area contributed by atoms with Crippen molar-refractivity contribution in [2.24, 2.45) is 0 Å². The lowest BCUT2D eigenvalue weighted by molar-refractivity contribution is -0.156. The largest absolute Gasteiger partial charge is 0.447 e. The molecule has 154 valence electrons. The smallest absolute Gasteiger partial charge is 0.308 e. The van der Waals surface area contributed by atoms with Crippen molar-refractivity contribution in [3.63, 3.8) is 0 Å². The first kappa shape index (κ1) is 20.9. The zero-order chi connectivity index (χ0) is 20.9. The summed E-state index contributed by atoms with van der Waals surface area (Å²) in [6.07, 6.45) is 0.226. The van der Waals surface area contributed by atoms with Gasteiger partial charge in [0, 0.05) is 18.2 Å². The number of sulfonamides is 1. The third kappa shape index (κ3) is 6.10. The van der Waals surface area contributed by atoms with Crippen molar-refractivity contribution in [1.82, 2.24) is 10.0 Å². The van der Waals surface area contributed by atoms with Gasteiger partial charge in [-0.15, -0.1) is 0 Å². The molecular formula is C20H21FN2O5S. The second-order valence-electron chi connectivity index (χ2n) is 6.67. The van der Waals surface area contributed by atoms with E-state index in [1.54, 1.807) is 18.2 Å². The number of halogens is 1. The summed E-state index contributed by atoms with van der Waals surface area (Å²) < 4.78 is 45.1. The molecule has 1 atom stereocenters. The Morgan fingerprint density at radius 3 is 2.34 bits per heavy atom. The van der Waals surface area contributed by atoms with Crippen LogP contribution < -0.4 is 10.0 Å². The van der Waals surface area contributed by atoms with Crippen molar-refractivity contribution in [2.75, 3.05) is 6.54 Å². The van der Waals surface area contributed by atoms with E-state index in [1.165, 1.54) is 36.4 Å². The number of hydrogen-bond donors (Lipinski definition) is 2. The van der Waals surface area contributed by atoms with E-state index in [0.29, 0.717) is 5.56 Å². The highest BCUT2D eigenvalue weighted by molar-refractivity contribution is 7.89. The van der Waals surface area contributed by atoms with Crippen LogP contribution in [0.1, 0.15) is 30.9 Å². The number of esters is 1. The molecule has 3 rings (SSSR count). The molecule has 2 aromatic rings. The molecule has 0 saturated heterocycles. The SMILES string of the molecule is O=C(CCNS(=O)(=O)c1ccccc1)OC(C(=O)NC1CC1)c1ccc(F)cc1. The second-order valence-corrected chi connectivity index (χ2v) is 8.43. The molecule has 1 saturated carbocycles. The molecule has 7 nitrogen and oxygen atoms in total. The van der Waals surface area contributed by atoms with Crippen LogP contribution >= 0.6 is 0 Å². The number of carbonyl (C=O) groups is 2. The summed E-state index contributed by atoms with van der Waals surface area (Å²) in [5.41, 5.74) is 0.336. The van der Waals surface area contributed by atoms with Gasteiger partial charge in [-0.3, -0.25) is 9.59 Å². The van der Waals surface area contributed by atoms with E-state index < -0.39 is 33.8 Å². The molecule has 0 radical (unpaired) electrons. The van der Waals surface area contributed by atoms with Crippen LogP contribution in [0.4, 0.5) is 4.39 Å². The predicted molar refractivity (Wildman–Crippen MR) is 103 cm³/mol. The van der Waals surface area contributed by atoms with Gasteiger partial charge in [0.05, 0.1) is 11.3 Å². The van der Waals surface area contributed by atoms with E-state index in [4.69, 9.17) is 4.74 Å². The number of hydrogen-bond acceptors (Lipinski definition) is 5. The van der Waals surface area contributed by atoms with E-state index in [-0.39, 0.29) is 23.9 Å². The standard InChI is InChI=1S/C20H21FN2O5S/c21-15-8-6-14(7-9-15)19(20(25)23-16-10-11-16)28-18(24)12-13-22-29(26,27)17-4-2-1-3-5-17/h1-9,16,19,22H,10-13H2,(H,23,25). The van der Waals surface area contributed by atoms with Crippen LogP contribution in [0.2, 0.25) is 0 Å². The highest BCUT2D eigenvalue weighted by atomic mass is 32.2. The molecule has 1 fully saturated rings. The Labute approximate surface area is 168 Å². The summed E-state index contributed by atoms with van der Waals surface area (Å²) in [7, 11) is -3.74. The fourth-order valence-electron chi connectivity index (χ4n) is 2.58. The lowest BCUT2D eigenvalue weighted by atomic mass is 10.1. The maximum atomic E-state index is 13.2. The number of amides is 1.